The molecule has 0 fully saturated rings. The number of aromatic nitrogens is 4. The minimum Gasteiger partial charge on any atom is -0.595 e. The molecule has 0 saturated carbocycles. The van der Waals surface area contributed by atoms with Crippen LogP contribution < -0.4 is 24.9 Å². The van der Waals surface area contributed by atoms with Crippen molar-refractivity contribution in [1.29, 1.82) is 0 Å². The van der Waals surface area contributed by atoms with Crippen molar-refractivity contribution in [3.63, 3.8) is 0 Å². The number of nitrogens with one attached hydrogen (secondary N) is 2. The van der Waals surface area contributed by atoms with E-state index in [1.54, 1.807) is 48.2 Å². The van der Waals surface area contributed by atoms with E-state index in [0.29, 0.717) is 39.9 Å². The summed E-state index contributed by atoms with van der Waals surface area (Å²) in [6.45, 7) is 0.911. The first-order valence-electron chi connectivity index (χ1n) is 12.7. The van der Waals surface area contributed by atoms with Crippen molar-refractivity contribution in [2.24, 2.45) is 5.10 Å². The molecule has 41 heavy (non-hydrogen) atoms. The summed E-state index contributed by atoms with van der Waals surface area (Å²) in [5.41, 5.74) is 6.35. The number of quaternary nitrogens is 1. The number of hydrogen-bond acceptors (Lipinski definition) is 11. The highest BCUT2D eigenvalue weighted by Gasteiger charge is 2.37. The van der Waals surface area contributed by atoms with Crippen LogP contribution in [0.4, 0.5) is 5.69 Å². The summed E-state index contributed by atoms with van der Waals surface area (Å²) >= 11 is 0. The molecule has 3 N–H and O–H groups in total. The quantitative estimate of drug-likeness (QED) is 0.221. The summed E-state index contributed by atoms with van der Waals surface area (Å²) in [7, 11) is 3.61. The minimum atomic E-state index is -1.01. The molecule has 4 aromatic rings. The van der Waals surface area contributed by atoms with Gasteiger partial charge in [0.1, 0.15) is 6.04 Å². The largest absolute Gasteiger partial charge is 0.595 e. The van der Waals surface area contributed by atoms with Crippen LogP contribution in [-0.2, 0) is 6.42 Å². The maximum atomic E-state index is 12.6. The second kappa shape index (κ2) is 10.9. The van der Waals surface area contributed by atoms with E-state index in [4.69, 9.17) is 19.4 Å². The summed E-state index contributed by atoms with van der Waals surface area (Å²) in [6.07, 6.45) is 2.24. The maximum absolute atomic E-state index is 12.6. The summed E-state index contributed by atoms with van der Waals surface area (Å²) in [4.78, 5) is 14.8. The van der Waals surface area contributed by atoms with Crippen LogP contribution in [0.5, 0.6) is 17.2 Å². The van der Waals surface area contributed by atoms with Gasteiger partial charge in [0.05, 0.1) is 19.0 Å². The smallest absolute Gasteiger partial charge is 0.271 e. The Morgan fingerprint density at radius 2 is 2.00 bits per heavy atom. The third-order valence-corrected chi connectivity index (χ3v) is 7.05. The molecule has 3 aromatic carbocycles. The fraction of sp³-hybridized carbons (Fsp3) is 0.222. The maximum Gasteiger partial charge on any atom is 0.271 e. The van der Waals surface area contributed by atoms with Crippen LogP contribution in [0, 0.1) is 5.21 Å². The molecule has 14 heteroatoms. The summed E-state index contributed by atoms with van der Waals surface area (Å²) in [5.74, 6) is 2.01. The van der Waals surface area contributed by atoms with E-state index < -0.39 is 11.1 Å². The first kappa shape index (κ1) is 26.3. The zero-order valence-corrected chi connectivity index (χ0v) is 22.1. The van der Waals surface area contributed by atoms with Crippen molar-refractivity contribution in [2.75, 3.05) is 27.5 Å². The third kappa shape index (κ3) is 4.96. The Hall–Kier alpha value is -4.89. The molecule has 210 valence electrons. The number of amides is 1. The molecule has 2 atom stereocenters. The lowest BCUT2D eigenvalue weighted by atomic mass is 9.90. The first-order valence-corrected chi connectivity index (χ1v) is 12.7. The van der Waals surface area contributed by atoms with Crippen LogP contribution in [0.1, 0.15) is 38.9 Å². The predicted molar refractivity (Wildman–Crippen MR) is 144 cm³/mol. The van der Waals surface area contributed by atoms with Crippen molar-refractivity contribution in [3.8, 4) is 22.9 Å². The zero-order chi connectivity index (χ0) is 28.5. The fourth-order valence-corrected chi connectivity index (χ4v) is 5.00. The molecule has 0 bridgehead atoms. The molecule has 14 nitrogen and oxygen atoms in total. The Kier molecular flexibility index (Phi) is 7.03. The Morgan fingerprint density at radius 3 is 2.73 bits per heavy atom. The first-order chi connectivity index (χ1) is 19.9. The van der Waals surface area contributed by atoms with E-state index in [0.717, 1.165) is 24.1 Å². The SMILES string of the molecule is COc1c2c(cc3c1[C@H](c1nnnn1-c1ccc(C(=O)NN=Cc4ccc([NH+]([O-])O)cc4)cc1)N(C)CC3)OCO2. The van der Waals surface area contributed by atoms with E-state index in [1.807, 2.05) is 13.1 Å². The molecular weight excluding hydrogens is 532 g/mol. The average Bonchev–Trinajstić information content (AvgIpc) is 3.66. The van der Waals surface area contributed by atoms with E-state index in [9.17, 15) is 10.0 Å². The molecule has 0 radical (unpaired) electrons. The number of benzene rings is 3. The van der Waals surface area contributed by atoms with Crippen LogP contribution in [-0.4, -0.2) is 69.9 Å². The predicted octanol–water partition coefficient (Wildman–Crippen LogP) is 1.14. The topological polar surface area (TPSA) is 164 Å². The van der Waals surface area contributed by atoms with Crippen molar-refractivity contribution < 1.29 is 29.4 Å². The van der Waals surface area contributed by atoms with Gasteiger partial charge in [0.15, 0.2) is 23.0 Å². The molecule has 0 aliphatic carbocycles. The van der Waals surface area contributed by atoms with E-state index in [1.165, 1.54) is 18.3 Å². The van der Waals surface area contributed by atoms with Crippen LogP contribution in [0.15, 0.2) is 59.7 Å². The second-order valence-corrected chi connectivity index (χ2v) is 9.47. The lowest BCUT2D eigenvalue weighted by Gasteiger charge is -2.34. The lowest BCUT2D eigenvalue weighted by molar-refractivity contribution is -0.991. The molecule has 1 amide bonds. The van der Waals surface area contributed by atoms with Gasteiger partial charge in [0.2, 0.25) is 12.5 Å². The van der Waals surface area contributed by atoms with Gasteiger partial charge in [-0.15, -0.1) is 5.10 Å². The number of carbonyl (C=O) groups excluding carboxylic acids is 1. The number of tetrazole rings is 1. The van der Waals surface area contributed by atoms with Crippen LogP contribution in [0.2, 0.25) is 0 Å². The Balaban J connectivity index is 1.23. The van der Waals surface area contributed by atoms with Crippen molar-refractivity contribution >= 4 is 17.8 Å². The van der Waals surface area contributed by atoms with Crippen LogP contribution in [0.25, 0.3) is 5.69 Å². The van der Waals surface area contributed by atoms with Gasteiger partial charge >= 0.3 is 0 Å². The summed E-state index contributed by atoms with van der Waals surface area (Å²) in [5, 5.41) is 35.5. The van der Waals surface area contributed by atoms with Gasteiger partial charge in [-0.25, -0.2) is 10.6 Å². The van der Waals surface area contributed by atoms with Crippen LogP contribution in [0.3, 0.4) is 0 Å². The second-order valence-electron chi connectivity index (χ2n) is 9.47. The number of methoxy groups -OCH3 is 1. The highest BCUT2D eigenvalue weighted by atomic mass is 16.8. The molecule has 0 spiro atoms. The minimum absolute atomic E-state index is 0.137. The highest BCUT2D eigenvalue weighted by molar-refractivity contribution is 5.95. The zero-order valence-electron chi connectivity index (χ0n) is 22.1. The van der Waals surface area contributed by atoms with Gasteiger partial charge in [-0.1, -0.05) is 0 Å². The number of fused-ring (bicyclic) bond motifs is 2. The molecule has 3 heterocycles. The average molecular weight is 559 g/mol. The Labute approximate surface area is 233 Å². The molecule has 1 unspecified atom stereocenters. The normalized spacial score (nSPS) is 16.9. The number of rotatable bonds is 7. The van der Waals surface area contributed by atoms with E-state index >= 15 is 0 Å². The summed E-state index contributed by atoms with van der Waals surface area (Å²) < 4.78 is 18.8. The molecular formula is C27H26N8O6. The molecule has 6 rings (SSSR count). The summed E-state index contributed by atoms with van der Waals surface area (Å²) in [6, 6.07) is 14.6. The van der Waals surface area contributed by atoms with Gasteiger partial charge in [-0.3, -0.25) is 9.69 Å². The number of hydrazone groups is 1. The van der Waals surface area contributed by atoms with Crippen molar-refractivity contribution in [2.45, 2.75) is 12.5 Å². The van der Waals surface area contributed by atoms with Gasteiger partial charge in [0.25, 0.3) is 5.91 Å². The Bertz CT molecular complexity index is 1600. The standard InChI is InChI=1S/C27H26N8O6/c1-33-12-11-18-13-21-24(41-15-40-21)25(39-2)22(18)23(33)26-29-31-32-34(26)19-9-5-17(6-10-19)27(36)30-28-14-16-3-7-20(8-4-16)35(37)38/h3-10,13-14,23,35,37H,11-12,15H2,1-2H3,(H,30,36)/t23-/m1/s1. The Morgan fingerprint density at radius 1 is 1.22 bits per heavy atom. The molecule has 0 saturated heterocycles. The van der Waals surface area contributed by atoms with Gasteiger partial charge in [0, 0.05) is 29.8 Å². The molecule has 2 aliphatic heterocycles. The lowest BCUT2D eigenvalue weighted by Crippen LogP contribution is -2.99. The highest BCUT2D eigenvalue weighted by Crippen LogP contribution is 2.50. The van der Waals surface area contributed by atoms with E-state index in [-0.39, 0.29) is 18.5 Å². The van der Waals surface area contributed by atoms with Gasteiger partial charge in [-0.2, -0.15) is 15.0 Å². The monoisotopic (exact) mass is 558 g/mol. The van der Waals surface area contributed by atoms with Gasteiger partial charge < -0.3 is 19.4 Å². The molecule has 2 aliphatic rings. The number of likely N-dealkylation sites (N-methyl/N-ethyl adjacent to an activating group) is 1. The van der Waals surface area contributed by atoms with Gasteiger partial charge in [-0.05, 0) is 77.5 Å². The number of nitrogens with zero attached hydrogens (tertiary/aromatic N) is 6. The third-order valence-electron chi connectivity index (χ3n) is 7.05. The molecule has 1 aromatic heterocycles. The van der Waals surface area contributed by atoms with E-state index in [2.05, 4.69) is 31.0 Å². The van der Waals surface area contributed by atoms with Crippen LogP contribution >= 0.6 is 0 Å². The van der Waals surface area contributed by atoms with Crippen molar-refractivity contribution in [1.82, 2.24) is 30.5 Å². The van der Waals surface area contributed by atoms with Crippen molar-refractivity contribution in [3.05, 3.63) is 87.9 Å². The number of hydrogen-bond donors (Lipinski definition) is 3. The number of carbonyl (C=O) groups is 1. The number of ether oxygens (including phenoxy) is 3. The fourth-order valence-electron chi connectivity index (χ4n) is 5.00.